The van der Waals surface area contributed by atoms with Gasteiger partial charge in [0.2, 0.25) is 5.91 Å². The highest BCUT2D eigenvalue weighted by Gasteiger charge is 2.22. The van der Waals surface area contributed by atoms with Crippen LogP contribution < -0.4 is 10.1 Å². The van der Waals surface area contributed by atoms with E-state index in [1.165, 1.54) is 12.1 Å². The number of amides is 1. The lowest BCUT2D eigenvalue weighted by molar-refractivity contribution is -0.124. The summed E-state index contributed by atoms with van der Waals surface area (Å²) in [6.07, 6.45) is 4.30. The summed E-state index contributed by atoms with van der Waals surface area (Å²) < 4.78 is 18.6. The van der Waals surface area contributed by atoms with E-state index in [2.05, 4.69) is 5.32 Å². The van der Waals surface area contributed by atoms with Crippen LogP contribution in [-0.4, -0.2) is 5.91 Å². The summed E-state index contributed by atoms with van der Waals surface area (Å²) in [5, 5.41) is 3.00. The van der Waals surface area contributed by atoms with Gasteiger partial charge in [-0.05, 0) is 54.8 Å². The van der Waals surface area contributed by atoms with Crippen molar-refractivity contribution in [1.29, 1.82) is 0 Å². The molecule has 0 saturated heterocycles. The third kappa shape index (κ3) is 4.31. The summed E-state index contributed by atoms with van der Waals surface area (Å²) >= 11 is 0. The number of carbonyl (C=O) groups is 1. The van der Waals surface area contributed by atoms with Crippen LogP contribution in [0.15, 0.2) is 48.5 Å². The molecule has 1 aliphatic rings. The SMILES string of the molecule is O=C(NCc1cccc(Oc2ccc(F)cc2)c1)C1CCCC1. The molecule has 120 valence electrons. The van der Waals surface area contributed by atoms with Crippen molar-refractivity contribution in [3.8, 4) is 11.5 Å². The number of rotatable bonds is 5. The molecule has 1 saturated carbocycles. The second-order valence-corrected chi connectivity index (χ2v) is 5.90. The lowest BCUT2D eigenvalue weighted by Crippen LogP contribution is -2.28. The Labute approximate surface area is 135 Å². The minimum atomic E-state index is -0.291. The van der Waals surface area contributed by atoms with Crippen LogP contribution >= 0.6 is 0 Å². The van der Waals surface area contributed by atoms with Crippen molar-refractivity contribution in [1.82, 2.24) is 5.32 Å². The van der Waals surface area contributed by atoms with E-state index in [9.17, 15) is 9.18 Å². The molecule has 0 aromatic heterocycles. The van der Waals surface area contributed by atoms with Gasteiger partial charge >= 0.3 is 0 Å². The Balaban J connectivity index is 1.58. The van der Waals surface area contributed by atoms with Gasteiger partial charge in [-0.25, -0.2) is 4.39 Å². The average Bonchev–Trinajstić information content (AvgIpc) is 3.10. The van der Waals surface area contributed by atoms with Crippen molar-refractivity contribution in [3.05, 3.63) is 59.9 Å². The Hall–Kier alpha value is -2.36. The minimum Gasteiger partial charge on any atom is -0.457 e. The first kappa shape index (κ1) is 15.5. The summed E-state index contributed by atoms with van der Waals surface area (Å²) in [7, 11) is 0. The lowest BCUT2D eigenvalue weighted by atomic mass is 10.1. The average molecular weight is 313 g/mol. The van der Waals surface area contributed by atoms with Crippen LogP contribution in [0.5, 0.6) is 11.5 Å². The van der Waals surface area contributed by atoms with E-state index in [-0.39, 0.29) is 17.6 Å². The van der Waals surface area contributed by atoms with E-state index in [0.29, 0.717) is 18.0 Å². The third-order valence-corrected chi connectivity index (χ3v) is 4.14. The Morgan fingerprint density at radius 1 is 1.09 bits per heavy atom. The van der Waals surface area contributed by atoms with E-state index in [1.807, 2.05) is 24.3 Å². The fourth-order valence-electron chi connectivity index (χ4n) is 2.88. The normalized spacial score (nSPS) is 14.7. The standard InChI is InChI=1S/C19H20FNO2/c20-16-8-10-17(11-9-16)23-18-7-3-4-14(12-18)13-21-19(22)15-5-1-2-6-15/h3-4,7-12,15H,1-2,5-6,13H2,(H,21,22). The Bertz CT molecular complexity index is 663. The van der Waals surface area contributed by atoms with E-state index >= 15 is 0 Å². The van der Waals surface area contributed by atoms with Gasteiger partial charge in [0.05, 0.1) is 0 Å². The van der Waals surface area contributed by atoms with Gasteiger partial charge in [-0.2, -0.15) is 0 Å². The maximum Gasteiger partial charge on any atom is 0.223 e. The molecular weight excluding hydrogens is 293 g/mol. The molecule has 3 nitrogen and oxygen atoms in total. The topological polar surface area (TPSA) is 38.3 Å². The second kappa shape index (κ2) is 7.27. The predicted octanol–water partition coefficient (Wildman–Crippen LogP) is 4.42. The highest BCUT2D eigenvalue weighted by Crippen LogP contribution is 2.25. The van der Waals surface area contributed by atoms with E-state index < -0.39 is 0 Å². The molecule has 1 fully saturated rings. The maximum atomic E-state index is 12.9. The van der Waals surface area contributed by atoms with Gasteiger partial charge in [0, 0.05) is 12.5 Å². The Morgan fingerprint density at radius 2 is 1.83 bits per heavy atom. The third-order valence-electron chi connectivity index (χ3n) is 4.14. The lowest BCUT2D eigenvalue weighted by Gasteiger charge is -2.11. The molecule has 0 atom stereocenters. The summed E-state index contributed by atoms with van der Waals surface area (Å²) in [4.78, 5) is 12.0. The molecule has 3 rings (SSSR count). The van der Waals surface area contributed by atoms with E-state index in [1.54, 1.807) is 12.1 Å². The van der Waals surface area contributed by atoms with Gasteiger partial charge in [-0.15, -0.1) is 0 Å². The number of benzene rings is 2. The van der Waals surface area contributed by atoms with Crippen LogP contribution in [0.4, 0.5) is 4.39 Å². The summed E-state index contributed by atoms with van der Waals surface area (Å²) in [5.41, 5.74) is 0.982. The van der Waals surface area contributed by atoms with E-state index in [4.69, 9.17) is 4.74 Å². The Kier molecular flexibility index (Phi) is 4.91. The van der Waals surface area contributed by atoms with Crippen LogP contribution in [0.3, 0.4) is 0 Å². The first-order chi connectivity index (χ1) is 11.2. The van der Waals surface area contributed by atoms with Gasteiger partial charge in [0.1, 0.15) is 17.3 Å². The highest BCUT2D eigenvalue weighted by atomic mass is 19.1. The smallest absolute Gasteiger partial charge is 0.223 e. The fraction of sp³-hybridized carbons (Fsp3) is 0.316. The summed E-state index contributed by atoms with van der Waals surface area (Å²) in [6, 6.07) is 13.5. The molecular formula is C19H20FNO2. The number of carbonyl (C=O) groups excluding carboxylic acids is 1. The number of ether oxygens (including phenoxy) is 1. The minimum absolute atomic E-state index is 0.146. The van der Waals surface area contributed by atoms with Crippen LogP contribution in [0.2, 0.25) is 0 Å². The quantitative estimate of drug-likeness (QED) is 0.887. The van der Waals surface area contributed by atoms with Crippen LogP contribution in [0, 0.1) is 11.7 Å². The monoisotopic (exact) mass is 313 g/mol. The van der Waals surface area contributed by atoms with Crippen molar-refractivity contribution in [2.45, 2.75) is 32.2 Å². The maximum absolute atomic E-state index is 12.9. The second-order valence-electron chi connectivity index (χ2n) is 5.90. The Morgan fingerprint density at radius 3 is 2.57 bits per heavy atom. The number of halogens is 1. The van der Waals surface area contributed by atoms with Gasteiger partial charge in [0.15, 0.2) is 0 Å². The largest absolute Gasteiger partial charge is 0.457 e. The van der Waals surface area contributed by atoms with Gasteiger partial charge in [0.25, 0.3) is 0 Å². The molecule has 2 aromatic carbocycles. The number of nitrogens with one attached hydrogen (secondary N) is 1. The van der Waals surface area contributed by atoms with E-state index in [0.717, 1.165) is 31.2 Å². The first-order valence-electron chi connectivity index (χ1n) is 8.01. The predicted molar refractivity (Wildman–Crippen MR) is 86.7 cm³/mol. The van der Waals surface area contributed by atoms with Crippen LogP contribution in [0.1, 0.15) is 31.2 Å². The first-order valence-corrected chi connectivity index (χ1v) is 8.01. The molecule has 0 aliphatic heterocycles. The van der Waals surface area contributed by atoms with Crippen LogP contribution in [-0.2, 0) is 11.3 Å². The molecule has 0 bridgehead atoms. The van der Waals surface area contributed by atoms with Crippen molar-refractivity contribution < 1.29 is 13.9 Å². The molecule has 0 unspecified atom stereocenters. The van der Waals surface area contributed by atoms with Crippen molar-refractivity contribution in [2.24, 2.45) is 5.92 Å². The van der Waals surface area contributed by atoms with Crippen LogP contribution in [0.25, 0.3) is 0 Å². The molecule has 0 spiro atoms. The van der Waals surface area contributed by atoms with Crippen molar-refractivity contribution in [2.75, 3.05) is 0 Å². The van der Waals surface area contributed by atoms with Gasteiger partial charge in [-0.3, -0.25) is 4.79 Å². The zero-order valence-corrected chi connectivity index (χ0v) is 12.9. The zero-order chi connectivity index (χ0) is 16.1. The fourth-order valence-corrected chi connectivity index (χ4v) is 2.88. The molecule has 1 aliphatic carbocycles. The molecule has 23 heavy (non-hydrogen) atoms. The summed E-state index contributed by atoms with van der Waals surface area (Å²) in [6.45, 7) is 0.496. The highest BCUT2D eigenvalue weighted by molar-refractivity contribution is 5.78. The molecule has 1 N–H and O–H groups in total. The summed E-state index contributed by atoms with van der Waals surface area (Å²) in [5.74, 6) is 1.28. The number of hydrogen-bond donors (Lipinski definition) is 1. The number of hydrogen-bond acceptors (Lipinski definition) is 2. The molecule has 4 heteroatoms. The molecule has 0 heterocycles. The van der Waals surface area contributed by atoms with Gasteiger partial charge in [-0.1, -0.05) is 25.0 Å². The molecule has 1 amide bonds. The van der Waals surface area contributed by atoms with Gasteiger partial charge < -0.3 is 10.1 Å². The van der Waals surface area contributed by atoms with Crippen molar-refractivity contribution in [3.63, 3.8) is 0 Å². The molecule has 2 aromatic rings. The van der Waals surface area contributed by atoms with Crippen molar-refractivity contribution >= 4 is 5.91 Å². The zero-order valence-electron chi connectivity index (χ0n) is 12.9. The molecule has 0 radical (unpaired) electrons.